The van der Waals surface area contributed by atoms with Crippen molar-refractivity contribution < 1.29 is 9.53 Å². The van der Waals surface area contributed by atoms with Crippen LogP contribution in [0.5, 0.6) is 5.88 Å². The van der Waals surface area contributed by atoms with Crippen LogP contribution in [0.4, 0.5) is 0 Å². The van der Waals surface area contributed by atoms with Crippen LogP contribution < -0.4 is 4.74 Å². The van der Waals surface area contributed by atoms with Crippen molar-refractivity contribution in [3.05, 3.63) is 23.9 Å². The maximum Gasteiger partial charge on any atom is 0.272 e. The van der Waals surface area contributed by atoms with Gasteiger partial charge in [0, 0.05) is 19.2 Å². The highest BCUT2D eigenvalue weighted by Gasteiger charge is 2.22. The number of rotatable bonds is 2. The van der Waals surface area contributed by atoms with Crippen LogP contribution in [0.2, 0.25) is 0 Å². The van der Waals surface area contributed by atoms with E-state index in [1.165, 1.54) is 0 Å². The van der Waals surface area contributed by atoms with Crippen molar-refractivity contribution in [3.63, 3.8) is 0 Å². The second kappa shape index (κ2) is 5.17. The van der Waals surface area contributed by atoms with Crippen molar-refractivity contribution >= 4 is 5.91 Å². The predicted octanol–water partition coefficient (Wildman–Crippen LogP) is 1.96. The Morgan fingerprint density at radius 1 is 1.41 bits per heavy atom. The molecule has 92 valence electrons. The molecule has 2 rings (SSSR count). The van der Waals surface area contributed by atoms with Crippen LogP contribution in [0, 0.1) is 5.92 Å². The van der Waals surface area contributed by atoms with Gasteiger partial charge in [-0.05, 0) is 24.8 Å². The fraction of sp³-hybridized carbons (Fsp3) is 0.538. The van der Waals surface area contributed by atoms with Crippen LogP contribution in [0.25, 0.3) is 0 Å². The number of likely N-dealkylation sites (tertiary alicyclic amines) is 1. The Bertz CT molecular complexity index is 398. The Labute approximate surface area is 102 Å². The minimum Gasteiger partial charge on any atom is -0.481 e. The second-order valence-corrected chi connectivity index (χ2v) is 4.54. The molecule has 0 bridgehead atoms. The Hall–Kier alpha value is -1.58. The summed E-state index contributed by atoms with van der Waals surface area (Å²) in [6.07, 6.45) is 2.16. The van der Waals surface area contributed by atoms with Crippen LogP contribution >= 0.6 is 0 Å². The molecule has 0 atom stereocenters. The Morgan fingerprint density at radius 2 is 2.12 bits per heavy atom. The van der Waals surface area contributed by atoms with Gasteiger partial charge in [0.05, 0.1) is 7.11 Å². The van der Waals surface area contributed by atoms with E-state index in [1.807, 2.05) is 4.90 Å². The zero-order chi connectivity index (χ0) is 12.3. The van der Waals surface area contributed by atoms with Crippen molar-refractivity contribution in [1.82, 2.24) is 9.88 Å². The number of nitrogens with zero attached hydrogens (tertiary/aromatic N) is 2. The highest BCUT2D eigenvalue weighted by atomic mass is 16.5. The molecule has 1 amide bonds. The van der Waals surface area contributed by atoms with E-state index in [2.05, 4.69) is 11.9 Å². The van der Waals surface area contributed by atoms with Gasteiger partial charge in [0.15, 0.2) is 0 Å². The van der Waals surface area contributed by atoms with E-state index in [-0.39, 0.29) is 5.91 Å². The van der Waals surface area contributed by atoms with Gasteiger partial charge in [-0.25, -0.2) is 4.98 Å². The molecule has 0 spiro atoms. The van der Waals surface area contributed by atoms with Gasteiger partial charge in [0.25, 0.3) is 5.91 Å². The number of methoxy groups -OCH3 is 1. The molecule has 4 heteroatoms. The summed E-state index contributed by atoms with van der Waals surface area (Å²) in [4.78, 5) is 18.2. The van der Waals surface area contributed by atoms with Gasteiger partial charge < -0.3 is 9.64 Å². The maximum atomic E-state index is 12.2. The van der Waals surface area contributed by atoms with Gasteiger partial charge in [0.1, 0.15) is 5.69 Å². The maximum absolute atomic E-state index is 12.2. The average Bonchev–Trinajstić information content (AvgIpc) is 2.39. The molecule has 1 aliphatic heterocycles. The summed E-state index contributed by atoms with van der Waals surface area (Å²) < 4.78 is 5.03. The van der Waals surface area contributed by atoms with E-state index >= 15 is 0 Å². The normalized spacial score (nSPS) is 16.9. The van der Waals surface area contributed by atoms with Crippen LogP contribution in [-0.4, -0.2) is 36.0 Å². The summed E-state index contributed by atoms with van der Waals surface area (Å²) in [6, 6.07) is 5.28. The fourth-order valence-corrected chi connectivity index (χ4v) is 2.02. The van der Waals surface area contributed by atoms with E-state index in [1.54, 1.807) is 25.3 Å². The van der Waals surface area contributed by atoms with Crippen LogP contribution in [-0.2, 0) is 0 Å². The van der Waals surface area contributed by atoms with Gasteiger partial charge in [0.2, 0.25) is 5.88 Å². The molecular weight excluding hydrogens is 216 g/mol. The Balaban J connectivity index is 2.08. The van der Waals surface area contributed by atoms with Gasteiger partial charge in [-0.3, -0.25) is 4.79 Å². The molecule has 2 heterocycles. The van der Waals surface area contributed by atoms with E-state index in [9.17, 15) is 4.79 Å². The first kappa shape index (κ1) is 11.9. The molecule has 17 heavy (non-hydrogen) atoms. The molecule has 1 aromatic rings. The molecule has 1 aromatic heterocycles. The number of hydrogen-bond donors (Lipinski definition) is 0. The van der Waals surface area contributed by atoms with E-state index in [0.717, 1.165) is 31.8 Å². The largest absolute Gasteiger partial charge is 0.481 e. The number of pyridine rings is 1. The Kier molecular flexibility index (Phi) is 3.61. The lowest BCUT2D eigenvalue weighted by atomic mass is 9.99. The third kappa shape index (κ3) is 2.75. The van der Waals surface area contributed by atoms with Crippen LogP contribution in [0.3, 0.4) is 0 Å². The summed E-state index contributed by atoms with van der Waals surface area (Å²) in [6.45, 7) is 3.89. The first-order valence-electron chi connectivity index (χ1n) is 6.01. The molecule has 0 saturated carbocycles. The smallest absolute Gasteiger partial charge is 0.272 e. The summed E-state index contributed by atoms with van der Waals surface area (Å²) >= 11 is 0. The van der Waals surface area contributed by atoms with Crippen molar-refractivity contribution in [1.29, 1.82) is 0 Å². The number of carbonyl (C=O) groups excluding carboxylic acids is 1. The molecule has 0 radical (unpaired) electrons. The van der Waals surface area contributed by atoms with Gasteiger partial charge in [-0.2, -0.15) is 0 Å². The monoisotopic (exact) mass is 234 g/mol. The summed E-state index contributed by atoms with van der Waals surface area (Å²) in [5, 5.41) is 0. The van der Waals surface area contributed by atoms with Crippen molar-refractivity contribution in [2.24, 2.45) is 5.92 Å². The van der Waals surface area contributed by atoms with Gasteiger partial charge >= 0.3 is 0 Å². The lowest BCUT2D eigenvalue weighted by Crippen LogP contribution is -2.38. The fourth-order valence-electron chi connectivity index (χ4n) is 2.02. The number of piperidine rings is 1. The third-order valence-electron chi connectivity index (χ3n) is 3.22. The summed E-state index contributed by atoms with van der Waals surface area (Å²) in [7, 11) is 1.55. The molecule has 0 unspecified atom stereocenters. The number of aromatic nitrogens is 1. The minimum absolute atomic E-state index is 0.0100. The average molecular weight is 234 g/mol. The molecule has 1 saturated heterocycles. The van der Waals surface area contributed by atoms with E-state index in [4.69, 9.17) is 4.74 Å². The SMILES string of the molecule is COc1cccc(C(=O)N2CCC(C)CC2)n1. The molecular formula is C13H18N2O2. The predicted molar refractivity (Wildman–Crippen MR) is 65.1 cm³/mol. The zero-order valence-electron chi connectivity index (χ0n) is 10.3. The van der Waals surface area contributed by atoms with E-state index in [0.29, 0.717) is 11.6 Å². The minimum atomic E-state index is 0.0100. The number of ether oxygens (including phenoxy) is 1. The lowest BCUT2D eigenvalue weighted by molar-refractivity contribution is 0.0690. The zero-order valence-corrected chi connectivity index (χ0v) is 10.3. The van der Waals surface area contributed by atoms with Crippen molar-refractivity contribution in [2.45, 2.75) is 19.8 Å². The molecule has 1 fully saturated rings. The molecule has 1 aliphatic rings. The lowest BCUT2D eigenvalue weighted by Gasteiger charge is -2.30. The quantitative estimate of drug-likeness (QED) is 0.785. The molecule has 0 aromatic carbocycles. The third-order valence-corrected chi connectivity index (χ3v) is 3.22. The highest BCUT2D eigenvalue weighted by Crippen LogP contribution is 2.18. The highest BCUT2D eigenvalue weighted by molar-refractivity contribution is 5.92. The number of carbonyl (C=O) groups is 1. The Morgan fingerprint density at radius 3 is 2.76 bits per heavy atom. The van der Waals surface area contributed by atoms with Gasteiger partial charge in [-0.15, -0.1) is 0 Å². The summed E-state index contributed by atoms with van der Waals surface area (Å²) in [5.41, 5.74) is 0.471. The van der Waals surface area contributed by atoms with Crippen molar-refractivity contribution in [3.8, 4) is 5.88 Å². The van der Waals surface area contributed by atoms with Gasteiger partial charge in [-0.1, -0.05) is 13.0 Å². The van der Waals surface area contributed by atoms with Crippen LogP contribution in [0.15, 0.2) is 18.2 Å². The standard InChI is InChI=1S/C13H18N2O2/c1-10-6-8-15(9-7-10)13(16)11-4-3-5-12(14-11)17-2/h3-5,10H,6-9H2,1-2H3. The summed E-state index contributed by atoms with van der Waals surface area (Å²) in [5.74, 6) is 1.22. The van der Waals surface area contributed by atoms with E-state index < -0.39 is 0 Å². The van der Waals surface area contributed by atoms with Crippen LogP contribution in [0.1, 0.15) is 30.3 Å². The number of hydrogen-bond acceptors (Lipinski definition) is 3. The first-order valence-corrected chi connectivity index (χ1v) is 6.01. The topological polar surface area (TPSA) is 42.4 Å². The molecule has 0 N–H and O–H groups in total. The number of amides is 1. The van der Waals surface area contributed by atoms with Crippen molar-refractivity contribution in [2.75, 3.05) is 20.2 Å². The molecule has 0 aliphatic carbocycles. The first-order chi connectivity index (χ1) is 8.20. The molecule has 4 nitrogen and oxygen atoms in total. The second-order valence-electron chi connectivity index (χ2n) is 4.54.